The minimum absolute atomic E-state index is 0.0238. The summed E-state index contributed by atoms with van der Waals surface area (Å²) in [4.78, 5) is 26.7. The molecule has 2 heterocycles. The molecule has 0 atom stereocenters. The highest BCUT2D eigenvalue weighted by Crippen LogP contribution is 2.25. The molecule has 0 bridgehead atoms. The van der Waals surface area contributed by atoms with E-state index in [9.17, 15) is 9.59 Å². The number of benzene rings is 1. The second-order valence-electron chi connectivity index (χ2n) is 5.57. The number of carbonyl (C=O) groups excluding carboxylic acids is 2. The zero-order valence-electron chi connectivity index (χ0n) is 13.6. The maximum absolute atomic E-state index is 12.8. The van der Waals surface area contributed by atoms with Gasteiger partial charge in [0.2, 0.25) is 0 Å². The molecule has 0 saturated heterocycles. The first-order chi connectivity index (χ1) is 11.5. The van der Waals surface area contributed by atoms with Gasteiger partial charge in [0.05, 0.1) is 18.7 Å². The van der Waals surface area contributed by atoms with Crippen molar-refractivity contribution < 1.29 is 14.3 Å². The molecule has 1 amide bonds. The average Bonchev–Trinajstić information content (AvgIpc) is 2.91. The molecule has 126 valence electrons. The molecule has 0 N–H and O–H groups in total. The first-order valence-corrected chi connectivity index (χ1v) is 8.86. The number of carbonyl (C=O) groups is 2. The quantitative estimate of drug-likeness (QED) is 0.545. The van der Waals surface area contributed by atoms with Crippen molar-refractivity contribution in [2.45, 2.75) is 19.9 Å². The lowest BCUT2D eigenvalue weighted by molar-refractivity contribution is 0.0513. The van der Waals surface area contributed by atoms with E-state index in [2.05, 4.69) is 27.7 Å². The van der Waals surface area contributed by atoms with Crippen LogP contribution >= 0.6 is 22.6 Å². The summed E-state index contributed by atoms with van der Waals surface area (Å²) in [5, 5.41) is 4.30. The van der Waals surface area contributed by atoms with Gasteiger partial charge in [-0.05, 0) is 41.6 Å². The van der Waals surface area contributed by atoms with Crippen LogP contribution in [-0.2, 0) is 24.8 Å². The number of hydrogen-bond donors (Lipinski definition) is 0. The molecular weight excluding hydrogens is 421 g/mol. The molecule has 1 aromatic heterocycles. The fourth-order valence-electron chi connectivity index (χ4n) is 2.93. The van der Waals surface area contributed by atoms with Crippen molar-refractivity contribution in [2.75, 3.05) is 13.2 Å². The molecule has 0 radical (unpaired) electrons. The highest BCUT2D eigenvalue weighted by Gasteiger charge is 2.30. The standard InChI is InChI=1S/C17H18IN3O3/c1-3-24-17(23)15-12-10-21(9-8-14(12)20(2)19-15)16(22)11-6-4-5-7-13(11)18/h4-7H,3,8-10H2,1-2H3. The minimum atomic E-state index is -0.432. The van der Waals surface area contributed by atoms with Gasteiger partial charge in [-0.2, -0.15) is 5.10 Å². The zero-order chi connectivity index (χ0) is 17.3. The Bertz CT molecular complexity index is 800. The number of fused-ring (bicyclic) bond motifs is 1. The van der Waals surface area contributed by atoms with Gasteiger partial charge >= 0.3 is 5.97 Å². The molecule has 1 aliphatic rings. The van der Waals surface area contributed by atoms with Crippen LogP contribution in [0.1, 0.15) is 39.0 Å². The van der Waals surface area contributed by atoms with Gasteiger partial charge in [0.1, 0.15) is 0 Å². The number of aryl methyl sites for hydroxylation is 1. The van der Waals surface area contributed by atoms with Gasteiger partial charge in [0, 0.05) is 34.8 Å². The first-order valence-electron chi connectivity index (χ1n) is 7.78. The molecule has 6 nitrogen and oxygen atoms in total. The molecule has 7 heteroatoms. The Morgan fingerprint density at radius 3 is 2.79 bits per heavy atom. The van der Waals surface area contributed by atoms with Crippen molar-refractivity contribution in [3.63, 3.8) is 0 Å². The number of amides is 1. The Morgan fingerprint density at radius 2 is 2.08 bits per heavy atom. The van der Waals surface area contributed by atoms with Gasteiger partial charge in [-0.3, -0.25) is 9.48 Å². The Labute approximate surface area is 153 Å². The highest BCUT2D eigenvalue weighted by molar-refractivity contribution is 14.1. The molecule has 0 spiro atoms. The van der Waals surface area contributed by atoms with E-state index in [1.165, 1.54) is 0 Å². The van der Waals surface area contributed by atoms with Gasteiger partial charge in [-0.1, -0.05) is 12.1 Å². The van der Waals surface area contributed by atoms with Gasteiger partial charge in [0.25, 0.3) is 5.91 Å². The van der Waals surface area contributed by atoms with Crippen LogP contribution in [0.25, 0.3) is 0 Å². The van der Waals surface area contributed by atoms with E-state index in [-0.39, 0.29) is 5.91 Å². The second kappa shape index (κ2) is 6.92. The van der Waals surface area contributed by atoms with Crippen molar-refractivity contribution in [1.82, 2.24) is 14.7 Å². The van der Waals surface area contributed by atoms with Crippen molar-refractivity contribution >= 4 is 34.5 Å². The zero-order valence-corrected chi connectivity index (χ0v) is 15.7. The maximum Gasteiger partial charge on any atom is 0.359 e. The summed E-state index contributed by atoms with van der Waals surface area (Å²) in [5.74, 6) is -0.456. The monoisotopic (exact) mass is 439 g/mol. The summed E-state index contributed by atoms with van der Waals surface area (Å²) in [6, 6.07) is 7.51. The molecule has 1 aromatic carbocycles. The number of ether oxygens (including phenoxy) is 1. The fourth-order valence-corrected chi connectivity index (χ4v) is 3.55. The lowest BCUT2D eigenvalue weighted by Crippen LogP contribution is -2.37. The summed E-state index contributed by atoms with van der Waals surface area (Å²) in [6.45, 7) is 3.05. The average molecular weight is 439 g/mol. The van der Waals surface area contributed by atoms with Crippen LogP contribution in [0.3, 0.4) is 0 Å². The molecule has 2 aromatic rings. The van der Waals surface area contributed by atoms with Crippen molar-refractivity contribution in [3.8, 4) is 0 Å². The number of nitrogens with zero attached hydrogens (tertiary/aromatic N) is 3. The van der Waals surface area contributed by atoms with Crippen LogP contribution in [0.5, 0.6) is 0 Å². The van der Waals surface area contributed by atoms with Crippen molar-refractivity contribution in [1.29, 1.82) is 0 Å². The van der Waals surface area contributed by atoms with E-state index in [1.54, 1.807) is 16.5 Å². The lowest BCUT2D eigenvalue weighted by Gasteiger charge is -2.28. The topological polar surface area (TPSA) is 64.4 Å². The van der Waals surface area contributed by atoms with Gasteiger partial charge < -0.3 is 9.64 Å². The van der Waals surface area contributed by atoms with Crippen LogP contribution in [0, 0.1) is 3.57 Å². The number of rotatable bonds is 3. The van der Waals surface area contributed by atoms with Gasteiger partial charge in [-0.25, -0.2) is 4.79 Å². The van der Waals surface area contributed by atoms with Crippen LogP contribution in [0.2, 0.25) is 0 Å². The van der Waals surface area contributed by atoms with Gasteiger partial charge in [-0.15, -0.1) is 0 Å². The van der Waals surface area contributed by atoms with Crippen LogP contribution in [0.15, 0.2) is 24.3 Å². The predicted molar refractivity (Wildman–Crippen MR) is 96.8 cm³/mol. The fraction of sp³-hybridized carbons (Fsp3) is 0.353. The van der Waals surface area contributed by atoms with E-state index < -0.39 is 5.97 Å². The van der Waals surface area contributed by atoms with E-state index >= 15 is 0 Å². The molecule has 3 rings (SSSR count). The summed E-state index contributed by atoms with van der Waals surface area (Å²) in [6.07, 6.45) is 0.674. The largest absolute Gasteiger partial charge is 0.461 e. The van der Waals surface area contributed by atoms with E-state index in [4.69, 9.17) is 4.74 Å². The lowest BCUT2D eigenvalue weighted by atomic mass is 10.0. The summed E-state index contributed by atoms with van der Waals surface area (Å²) in [7, 11) is 1.82. The van der Waals surface area contributed by atoms with E-state index in [1.807, 2.05) is 31.3 Å². The highest BCUT2D eigenvalue weighted by atomic mass is 127. The Kier molecular flexibility index (Phi) is 4.88. The second-order valence-corrected chi connectivity index (χ2v) is 6.74. The third-order valence-electron chi connectivity index (χ3n) is 4.10. The van der Waals surface area contributed by atoms with E-state index in [0.717, 1.165) is 14.8 Å². The van der Waals surface area contributed by atoms with Crippen molar-refractivity contribution in [2.24, 2.45) is 7.05 Å². The molecule has 0 unspecified atom stereocenters. The smallest absolute Gasteiger partial charge is 0.359 e. The third-order valence-corrected chi connectivity index (χ3v) is 5.04. The number of halogens is 1. The van der Waals surface area contributed by atoms with Crippen LogP contribution in [0.4, 0.5) is 0 Å². The van der Waals surface area contributed by atoms with Crippen molar-refractivity contribution in [3.05, 3.63) is 50.4 Å². The summed E-state index contributed by atoms with van der Waals surface area (Å²) >= 11 is 2.17. The Balaban J connectivity index is 1.90. The molecule has 0 saturated carbocycles. The summed E-state index contributed by atoms with van der Waals surface area (Å²) < 4.78 is 7.72. The Morgan fingerprint density at radius 1 is 1.33 bits per heavy atom. The predicted octanol–water partition coefficient (Wildman–Crippen LogP) is 2.40. The number of aromatic nitrogens is 2. The Hall–Kier alpha value is -1.90. The summed E-state index contributed by atoms with van der Waals surface area (Å²) in [5.41, 5.74) is 2.78. The maximum atomic E-state index is 12.8. The minimum Gasteiger partial charge on any atom is -0.461 e. The molecule has 0 aliphatic carbocycles. The molecule has 0 fully saturated rings. The normalized spacial score (nSPS) is 13.5. The number of hydrogen-bond acceptors (Lipinski definition) is 4. The number of esters is 1. The third kappa shape index (κ3) is 3.04. The van der Waals surface area contributed by atoms with Gasteiger partial charge in [0.15, 0.2) is 5.69 Å². The first kappa shape index (κ1) is 16.9. The molecule has 1 aliphatic heterocycles. The molecule has 24 heavy (non-hydrogen) atoms. The van der Waals surface area contributed by atoms with Crippen LogP contribution < -0.4 is 0 Å². The van der Waals surface area contributed by atoms with E-state index in [0.29, 0.717) is 37.4 Å². The SMILES string of the molecule is CCOC(=O)c1nn(C)c2c1CN(C(=O)c1ccccc1I)CC2. The van der Waals surface area contributed by atoms with Crippen LogP contribution in [-0.4, -0.2) is 39.7 Å². The molecular formula is C17H18IN3O3.